The van der Waals surface area contributed by atoms with Crippen LogP contribution >= 0.6 is 0 Å². The molecule has 2 nitrogen and oxygen atoms in total. The number of benzene rings is 11. The molecule has 1 aromatic heterocycles. The summed E-state index contributed by atoms with van der Waals surface area (Å²) >= 11 is 0. The molecule has 3 heteroatoms. The van der Waals surface area contributed by atoms with Crippen LogP contribution < -0.4 is 25.6 Å². The van der Waals surface area contributed by atoms with Gasteiger partial charge in [0, 0.05) is 32.8 Å². The maximum Gasteiger partial charge on any atom is 0.179 e. The molecule has 1 aliphatic carbocycles. The number of para-hydroxylation sites is 1. The van der Waals surface area contributed by atoms with Gasteiger partial charge >= 0.3 is 0 Å². The van der Waals surface area contributed by atoms with Crippen molar-refractivity contribution in [1.82, 2.24) is 0 Å². The Labute approximate surface area is 397 Å². The van der Waals surface area contributed by atoms with E-state index in [-0.39, 0.29) is 0 Å². The maximum absolute atomic E-state index is 6.72. The standard InChI is InChI=1S/C65H45NOSi/c1-6-23-46(24-7-1)65(47-25-8-2-9-26-47)58-37-20-18-36-56(58)63-59(65)38-22-39-60(63)66(61-45-57-54-34-19-21-40-62(54)67-64(57)55-35-17-16-33-53(55)61)48-41-43-52(44-42-48)68(49-27-10-3-11-28-49,50-29-12-4-13-30-50)51-31-14-5-15-32-51/h1-45H. The molecule has 0 saturated heterocycles. The third kappa shape index (κ3) is 5.89. The molecule has 13 rings (SSSR count). The van der Waals surface area contributed by atoms with Crippen LogP contribution in [0.5, 0.6) is 0 Å². The summed E-state index contributed by atoms with van der Waals surface area (Å²) in [6, 6.07) is 101. The largest absolute Gasteiger partial charge is 0.455 e. The van der Waals surface area contributed by atoms with Crippen molar-refractivity contribution in [2.24, 2.45) is 0 Å². The first-order valence-electron chi connectivity index (χ1n) is 23.5. The monoisotopic (exact) mass is 883 g/mol. The van der Waals surface area contributed by atoms with Gasteiger partial charge in [0.2, 0.25) is 0 Å². The Bertz CT molecular complexity index is 3640. The highest BCUT2D eigenvalue weighted by Gasteiger charge is 2.47. The van der Waals surface area contributed by atoms with Crippen molar-refractivity contribution in [2.75, 3.05) is 4.90 Å². The van der Waals surface area contributed by atoms with E-state index in [1.165, 1.54) is 54.1 Å². The molecular weight excluding hydrogens is 839 g/mol. The molecule has 0 aliphatic heterocycles. The lowest BCUT2D eigenvalue weighted by atomic mass is 9.68. The second-order valence-corrected chi connectivity index (χ2v) is 21.7. The first kappa shape index (κ1) is 39.8. The van der Waals surface area contributed by atoms with E-state index < -0.39 is 13.5 Å². The molecule has 11 aromatic carbocycles. The van der Waals surface area contributed by atoms with Crippen LogP contribution in [0.1, 0.15) is 22.3 Å². The van der Waals surface area contributed by atoms with E-state index in [1.807, 2.05) is 0 Å². The van der Waals surface area contributed by atoms with Crippen LogP contribution in [0.25, 0.3) is 43.8 Å². The maximum atomic E-state index is 6.72. The number of hydrogen-bond acceptors (Lipinski definition) is 2. The zero-order valence-corrected chi connectivity index (χ0v) is 38.3. The average molecular weight is 884 g/mol. The van der Waals surface area contributed by atoms with Gasteiger partial charge in [-0.25, -0.2) is 0 Å². The lowest BCUT2D eigenvalue weighted by Gasteiger charge is -2.35. The first-order valence-corrected chi connectivity index (χ1v) is 25.5. The summed E-state index contributed by atoms with van der Waals surface area (Å²) in [6.45, 7) is 0. The minimum Gasteiger partial charge on any atom is -0.455 e. The molecular formula is C65H45NOSi. The Morgan fingerprint density at radius 3 is 1.41 bits per heavy atom. The molecule has 12 aromatic rings. The van der Waals surface area contributed by atoms with Crippen LogP contribution in [0, 0.1) is 0 Å². The van der Waals surface area contributed by atoms with Gasteiger partial charge in [-0.15, -0.1) is 0 Å². The van der Waals surface area contributed by atoms with Crippen molar-refractivity contribution in [2.45, 2.75) is 5.41 Å². The summed E-state index contributed by atoms with van der Waals surface area (Å²) in [6.07, 6.45) is 0. The van der Waals surface area contributed by atoms with Gasteiger partial charge in [-0.1, -0.05) is 243 Å². The lowest BCUT2D eigenvalue weighted by molar-refractivity contribution is 0.672. The summed E-state index contributed by atoms with van der Waals surface area (Å²) in [5.41, 5.74) is 12.0. The quantitative estimate of drug-likeness (QED) is 0.106. The Kier molecular flexibility index (Phi) is 9.45. The van der Waals surface area contributed by atoms with E-state index in [0.29, 0.717) is 0 Å². The Morgan fingerprint density at radius 2 is 0.809 bits per heavy atom. The van der Waals surface area contributed by atoms with Gasteiger partial charge < -0.3 is 9.32 Å². The molecule has 0 N–H and O–H groups in total. The molecule has 1 aliphatic rings. The van der Waals surface area contributed by atoms with E-state index in [1.54, 1.807) is 0 Å². The highest BCUT2D eigenvalue weighted by Crippen LogP contribution is 2.60. The van der Waals surface area contributed by atoms with Gasteiger partial charge in [-0.3, -0.25) is 0 Å². The SMILES string of the molecule is c1ccc(C2(c3ccccc3)c3ccccc3-c3c(N(c4ccc([Si](c5ccccc5)(c5ccccc5)c5ccccc5)cc4)c4cc5c6ccccc6oc5c5ccccc45)cccc32)cc1. The fraction of sp³-hybridized carbons (Fsp3) is 0.0154. The number of fused-ring (bicyclic) bond motifs is 8. The Balaban J connectivity index is 1.13. The molecule has 0 amide bonds. The molecule has 0 atom stereocenters. The molecule has 1 heterocycles. The Hall–Kier alpha value is -8.50. The molecule has 0 spiro atoms. The van der Waals surface area contributed by atoms with Gasteiger partial charge in [0.1, 0.15) is 11.2 Å². The van der Waals surface area contributed by atoms with E-state index in [4.69, 9.17) is 4.42 Å². The van der Waals surface area contributed by atoms with Crippen LogP contribution in [0.4, 0.5) is 17.1 Å². The fourth-order valence-electron chi connectivity index (χ4n) is 11.7. The van der Waals surface area contributed by atoms with Crippen LogP contribution in [0.2, 0.25) is 0 Å². The molecule has 0 bridgehead atoms. The second kappa shape index (κ2) is 16.1. The summed E-state index contributed by atoms with van der Waals surface area (Å²) in [5.74, 6) is 0. The zero-order chi connectivity index (χ0) is 45.1. The van der Waals surface area contributed by atoms with Crippen LogP contribution in [-0.2, 0) is 5.41 Å². The summed E-state index contributed by atoms with van der Waals surface area (Å²) in [5, 5.41) is 9.76. The normalized spacial score (nSPS) is 12.8. The molecule has 68 heavy (non-hydrogen) atoms. The van der Waals surface area contributed by atoms with E-state index in [9.17, 15) is 0 Å². The van der Waals surface area contributed by atoms with E-state index in [2.05, 4.69) is 278 Å². The predicted octanol–water partition coefficient (Wildman–Crippen LogP) is 13.9. The number of anilines is 3. The Morgan fingerprint density at radius 1 is 0.338 bits per heavy atom. The van der Waals surface area contributed by atoms with Crippen molar-refractivity contribution < 1.29 is 4.42 Å². The third-order valence-electron chi connectivity index (χ3n) is 14.5. The smallest absolute Gasteiger partial charge is 0.179 e. The number of hydrogen-bond donors (Lipinski definition) is 0. The summed E-state index contributed by atoms with van der Waals surface area (Å²) in [4.78, 5) is 2.53. The molecule has 320 valence electrons. The molecule has 0 fully saturated rings. The van der Waals surface area contributed by atoms with E-state index >= 15 is 0 Å². The number of rotatable bonds is 9. The molecule has 0 saturated carbocycles. The second-order valence-electron chi connectivity index (χ2n) is 17.9. The van der Waals surface area contributed by atoms with Gasteiger partial charge in [0.15, 0.2) is 8.07 Å². The minimum atomic E-state index is -2.81. The fourth-order valence-corrected chi connectivity index (χ4v) is 16.4. The third-order valence-corrected chi connectivity index (χ3v) is 19.3. The molecule has 0 radical (unpaired) electrons. The van der Waals surface area contributed by atoms with Gasteiger partial charge in [0.25, 0.3) is 0 Å². The van der Waals surface area contributed by atoms with Crippen molar-refractivity contribution in [1.29, 1.82) is 0 Å². The van der Waals surface area contributed by atoms with Crippen molar-refractivity contribution in [3.05, 3.63) is 295 Å². The van der Waals surface area contributed by atoms with Gasteiger partial charge in [-0.2, -0.15) is 0 Å². The number of nitrogens with zero attached hydrogens (tertiary/aromatic N) is 1. The van der Waals surface area contributed by atoms with Crippen LogP contribution in [0.3, 0.4) is 0 Å². The van der Waals surface area contributed by atoms with E-state index in [0.717, 1.165) is 49.8 Å². The van der Waals surface area contributed by atoms with Crippen LogP contribution in [0.15, 0.2) is 277 Å². The van der Waals surface area contributed by atoms with Crippen molar-refractivity contribution in [3.8, 4) is 11.1 Å². The van der Waals surface area contributed by atoms with Crippen molar-refractivity contribution >= 4 is 78.6 Å². The summed E-state index contributed by atoms with van der Waals surface area (Å²) in [7, 11) is -2.81. The van der Waals surface area contributed by atoms with Crippen LogP contribution in [-0.4, -0.2) is 8.07 Å². The highest BCUT2D eigenvalue weighted by molar-refractivity contribution is 7.19. The minimum absolute atomic E-state index is 0.557. The number of furan rings is 1. The summed E-state index contributed by atoms with van der Waals surface area (Å²) < 4.78 is 6.72. The molecule has 0 unspecified atom stereocenters. The topological polar surface area (TPSA) is 16.4 Å². The van der Waals surface area contributed by atoms with Gasteiger partial charge in [0.05, 0.1) is 16.8 Å². The first-order chi connectivity index (χ1) is 33.8. The van der Waals surface area contributed by atoms with Crippen molar-refractivity contribution in [3.63, 3.8) is 0 Å². The average Bonchev–Trinajstić information content (AvgIpc) is 3.95. The predicted molar refractivity (Wildman–Crippen MR) is 287 cm³/mol. The van der Waals surface area contributed by atoms with Gasteiger partial charge in [-0.05, 0) is 78.9 Å². The highest BCUT2D eigenvalue weighted by atomic mass is 28.3. The lowest BCUT2D eigenvalue weighted by Crippen LogP contribution is -2.74. The zero-order valence-electron chi connectivity index (χ0n) is 37.3.